The summed E-state index contributed by atoms with van der Waals surface area (Å²) < 4.78 is 15.5. The van der Waals surface area contributed by atoms with Gasteiger partial charge in [-0.2, -0.15) is 0 Å². The highest BCUT2D eigenvalue weighted by Crippen LogP contribution is 2.26. The highest BCUT2D eigenvalue weighted by atomic mass is 19.1. The first-order valence-corrected chi connectivity index (χ1v) is 9.63. The number of benzene rings is 1. The molecule has 3 amide bonds. The molecule has 2 atom stereocenters. The van der Waals surface area contributed by atoms with Gasteiger partial charge in [0, 0.05) is 14.1 Å². The molecular formula is C20H25FN5O2+. The van der Waals surface area contributed by atoms with Crippen molar-refractivity contribution in [1.29, 1.82) is 0 Å². The number of guanidine groups is 1. The molecule has 7 nitrogen and oxygen atoms in total. The van der Waals surface area contributed by atoms with Crippen molar-refractivity contribution in [3.8, 4) is 0 Å². The second-order valence-electron chi connectivity index (χ2n) is 7.86. The Labute approximate surface area is 163 Å². The molecule has 3 heterocycles. The smallest absolute Gasteiger partial charge is 0.270 e. The zero-order valence-electron chi connectivity index (χ0n) is 16.4. The van der Waals surface area contributed by atoms with Crippen molar-refractivity contribution in [3.05, 3.63) is 35.6 Å². The van der Waals surface area contributed by atoms with E-state index in [0.29, 0.717) is 18.3 Å². The summed E-state index contributed by atoms with van der Waals surface area (Å²) >= 11 is 0. The Morgan fingerprint density at radius 1 is 1.18 bits per heavy atom. The molecular weight excluding hydrogens is 361 g/mol. The fraction of sp³-hybridized carbons (Fsp3) is 0.500. The molecule has 3 aliphatic rings. The number of amides is 3. The predicted molar refractivity (Wildman–Crippen MR) is 102 cm³/mol. The number of hydrogen-bond donors (Lipinski definition) is 0. The van der Waals surface area contributed by atoms with Crippen LogP contribution in [0.3, 0.4) is 0 Å². The number of piperidine rings is 1. The number of amidine groups is 1. The number of rotatable bonds is 2. The summed E-state index contributed by atoms with van der Waals surface area (Å²) in [6, 6.07) is 5.24. The van der Waals surface area contributed by atoms with Gasteiger partial charge in [0.05, 0.1) is 19.6 Å². The van der Waals surface area contributed by atoms with Crippen LogP contribution < -0.4 is 0 Å². The Hall–Kier alpha value is -2.77. The maximum absolute atomic E-state index is 13.3. The number of carbonyl (C=O) groups excluding carboxylic acids is 2. The zero-order chi connectivity index (χ0) is 20.0. The van der Waals surface area contributed by atoms with Gasteiger partial charge in [0.15, 0.2) is 0 Å². The summed E-state index contributed by atoms with van der Waals surface area (Å²) in [7, 11) is 3.14. The molecule has 0 radical (unpaired) electrons. The average Bonchev–Trinajstić information content (AvgIpc) is 3.06. The van der Waals surface area contributed by atoms with Crippen LogP contribution in [-0.4, -0.2) is 76.2 Å². The molecule has 2 unspecified atom stereocenters. The van der Waals surface area contributed by atoms with E-state index in [1.54, 1.807) is 19.2 Å². The van der Waals surface area contributed by atoms with Crippen molar-refractivity contribution < 1.29 is 18.6 Å². The monoisotopic (exact) mass is 386 g/mol. The van der Waals surface area contributed by atoms with E-state index in [9.17, 15) is 14.0 Å². The van der Waals surface area contributed by atoms with E-state index >= 15 is 0 Å². The fourth-order valence-electron chi connectivity index (χ4n) is 4.16. The minimum Gasteiger partial charge on any atom is -0.270 e. The molecule has 1 aromatic rings. The summed E-state index contributed by atoms with van der Waals surface area (Å²) in [6.07, 6.45) is 2.23. The number of nitrogens with zero attached hydrogens (tertiary/aromatic N) is 5. The predicted octanol–water partition coefficient (Wildman–Crippen LogP) is 1.73. The van der Waals surface area contributed by atoms with Crippen LogP contribution in [0.4, 0.5) is 9.18 Å². The molecule has 0 bridgehead atoms. The lowest BCUT2D eigenvalue weighted by molar-refractivity contribution is -0.550. The van der Waals surface area contributed by atoms with Crippen LogP contribution in [0.1, 0.15) is 25.3 Å². The van der Waals surface area contributed by atoms with Crippen molar-refractivity contribution in [2.75, 3.05) is 27.2 Å². The van der Waals surface area contributed by atoms with Crippen LogP contribution >= 0.6 is 0 Å². The summed E-state index contributed by atoms with van der Waals surface area (Å²) in [5.74, 6) is 1.14. The lowest BCUT2D eigenvalue weighted by Gasteiger charge is -2.33. The molecule has 28 heavy (non-hydrogen) atoms. The first kappa shape index (κ1) is 18.6. The van der Waals surface area contributed by atoms with Crippen molar-refractivity contribution >= 4 is 23.7 Å². The van der Waals surface area contributed by atoms with Gasteiger partial charge < -0.3 is 0 Å². The molecule has 0 aliphatic carbocycles. The van der Waals surface area contributed by atoms with E-state index in [1.807, 2.05) is 4.90 Å². The third-order valence-electron chi connectivity index (χ3n) is 5.72. The molecule has 0 N–H and O–H groups in total. The van der Waals surface area contributed by atoms with Gasteiger partial charge in [0.2, 0.25) is 11.9 Å². The number of hydrogen-bond acceptors (Lipinski definition) is 2. The highest BCUT2D eigenvalue weighted by Gasteiger charge is 2.55. The number of urea groups is 1. The number of halogens is 1. The average molecular weight is 386 g/mol. The Bertz CT molecular complexity index is 879. The van der Waals surface area contributed by atoms with Crippen LogP contribution in [0, 0.1) is 11.7 Å². The van der Waals surface area contributed by atoms with Gasteiger partial charge in [-0.05, 0) is 36.5 Å². The number of imide groups is 1. The van der Waals surface area contributed by atoms with E-state index in [4.69, 9.17) is 4.99 Å². The standard InChI is InChI=1S/C20H25FN5O2/c1-13-5-4-10-25(11-13)19-22-17-16(18(27)24(3)20(28)23(17)2)26(19)12-14-6-8-15(21)9-7-14/h6-9,13,16H,4-5,10-12H2,1-3H3/q+1. The van der Waals surface area contributed by atoms with Crippen LogP contribution in [0.5, 0.6) is 0 Å². The molecule has 2 saturated heterocycles. The molecule has 0 aromatic heterocycles. The van der Waals surface area contributed by atoms with Crippen molar-refractivity contribution in [2.45, 2.75) is 32.4 Å². The van der Waals surface area contributed by atoms with Gasteiger partial charge in [0.1, 0.15) is 5.82 Å². The first-order valence-electron chi connectivity index (χ1n) is 9.63. The molecule has 0 spiro atoms. The lowest BCUT2D eigenvalue weighted by atomic mass is 10.0. The lowest BCUT2D eigenvalue weighted by Crippen LogP contribution is -2.62. The molecule has 148 valence electrons. The topological polar surface area (TPSA) is 59.2 Å². The summed E-state index contributed by atoms with van der Waals surface area (Å²) in [5.41, 5.74) is 0.885. The Morgan fingerprint density at radius 3 is 2.57 bits per heavy atom. The number of fused-ring (bicyclic) bond motifs is 1. The molecule has 0 saturated carbocycles. The molecule has 3 aliphatic heterocycles. The van der Waals surface area contributed by atoms with Gasteiger partial charge in [-0.25, -0.2) is 14.1 Å². The second-order valence-corrected chi connectivity index (χ2v) is 7.86. The summed E-state index contributed by atoms with van der Waals surface area (Å²) in [4.78, 5) is 34.6. The molecule has 2 fully saturated rings. The van der Waals surface area contributed by atoms with Gasteiger partial charge in [-0.15, -0.1) is 0 Å². The van der Waals surface area contributed by atoms with Crippen molar-refractivity contribution in [1.82, 2.24) is 14.7 Å². The van der Waals surface area contributed by atoms with Crippen LogP contribution in [0.25, 0.3) is 0 Å². The van der Waals surface area contributed by atoms with Gasteiger partial charge in [-0.1, -0.05) is 24.0 Å². The van der Waals surface area contributed by atoms with Crippen LogP contribution in [-0.2, 0) is 11.3 Å². The number of likely N-dealkylation sites (N-methyl/N-ethyl adjacent to an activating group) is 2. The summed E-state index contributed by atoms with van der Waals surface area (Å²) in [6.45, 7) is 4.35. The van der Waals surface area contributed by atoms with Gasteiger partial charge >= 0.3 is 12.0 Å². The largest absolute Gasteiger partial charge is 0.392 e. The number of carbonyl (C=O) groups is 2. The third-order valence-corrected chi connectivity index (χ3v) is 5.72. The van der Waals surface area contributed by atoms with E-state index in [0.717, 1.165) is 35.9 Å². The minimum atomic E-state index is -0.648. The van der Waals surface area contributed by atoms with Gasteiger partial charge in [-0.3, -0.25) is 19.2 Å². The van der Waals surface area contributed by atoms with Crippen LogP contribution in [0.15, 0.2) is 29.3 Å². The van der Waals surface area contributed by atoms with Crippen molar-refractivity contribution in [3.63, 3.8) is 0 Å². The molecule has 4 rings (SSSR count). The Morgan fingerprint density at radius 2 is 1.89 bits per heavy atom. The second kappa shape index (κ2) is 7.00. The highest BCUT2D eigenvalue weighted by molar-refractivity contribution is 6.25. The molecule has 8 heteroatoms. The zero-order valence-corrected chi connectivity index (χ0v) is 16.4. The number of aliphatic imine (C=N–C) groups is 1. The normalized spacial score (nSPS) is 28.0. The SMILES string of the molecule is CC1CCC[N+](=C2N=C3C(C(=O)N(C)C(=O)N3C)N2Cc2ccc(F)cc2)C1. The van der Waals surface area contributed by atoms with Crippen LogP contribution in [0.2, 0.25) is 0 Å². The third kappa shape index (κ3) is 3.06. The quantitative estimate of drug-likeness (QED) is 0.728. The first-order chi connectivity index (χ1) is 13.4. The van der Waals surface area contributed by atoms with E-state index < -0.39 is 6.04 Å². The van der Waals surface area contributed by atoms with Crippen molar-refractivity contribution in [2.24, 2.45) is 10.9 Å². The minimum absolute atomic E-state index is 0.288. The maximum atomic E-state index is 13.3. The van der Waals surface area contributed by atoms with E-state index in [1.165, 1.54) is 30.5 Å². The Kier molecular flexibility index (Phi) is 4.64. The Balaban J connectivity index is 1.77. The summed E-state index contributed by atoms with van der Waals surface area (Å²) in [5, 5.41) is 0. The van der Waals surface area contributed by atoms with E-state index in [-0.39, 0.29) is 17.8 Å². The molecule has 1 aromatic carbocycles. The maximum Gasteiger partial charge on any atom is 0.392 e. The van der Waals surface area contributed by atoms with E-state index in [2.05, 4.69) is 11.5 Å². The fourth-order valence-corrected chi connectivity index (χ4v) is 4.16. The van der Waals surface area contributed by atoms with Gasteiger partial charge in [0.25, 0.3) is 5.91 Å².